The highest BCUT2D eigenvalue weighted by Gasteiger charge is 2.31. The van der Waals surface area contributed by atoms with E-state index in [1.54, 1.807) is 0 Å². The molecule has 0 amide bonds. The Kier molecular flexibility index (Phi) is 13.3. The molecule has 0 bridgehead atoms. The van der Waals surface area contributed by atoms with Gasteiger partial charge in [-0.1, -0.05) is 261 Å². The van der Waals surface area contributed by atoms with Crippen molar-refractivity contribution in [3.8, 4) is 74.3 Å². The van der Waals surface area contributed by atoms with Gasteiger partial charge >= 0.3 is 0 Å². The Morgan fingerprint density at radius 1 is 0.206 bits per heavy atom. The molecule has 0 fully saturated rings. The largest absolute Gasteiger partial charge is 0.307 e. The van der Waals surface area contributed by atoms with Gasteiger partial charge in [0, 0.05) is 123 Å². The van der Waals surface area contributed by atoms with Crippen molar-refractivity contribution in [2.24, 2.45) is 0 Å². The van der Waals surface area contributed by atoms with Crippen molar-refractivity contribution in [1.29, 1.82) is 0 Å². The van der Waals surface area contributed by atoms with Gasteiger partial charge in [-0.15, -0.1) is 34.0 Å². The highest BCUT2D eigenvalue weighted by molar-refractivity contribution is 7.35. The second kappa shape index (κ2) is 23.4. The fraction of sp³-hybridized carbons (Fsp3) is 0. The molecule has 8 heterocycles. The Morgan fingerprint density at radius 3 is 1.04 bits per heavy atom. The Bertz CT molecular complexity index is 6990. The Labute approximate surface area is 595 Å². The van der Waals surface area contributed by atoms with Crippen molar-refractivity contribution in [1.82, 2.24) is 43.6 Å². The summed E-state index contributed by atoms with van der Waals surface area (Å²) in [7, 11) is 0. The first-order chi connectivity index (χ1) is 50.6. The van der Waals surface area contributed by atoms with Crippen molar-refractivity contribution >= 4 is 160 Å². The van der Waals surface area contributed by atoms with Crippen LogP contribution in [0.15, 0.2) is 322 Å². The molecule has 102 heavy (non-hydrogen) atoms. The molecule has 0 atom stereocenters. The lowest BCUT2D eigenvalue weighted by atomic mass is 10.0. The van der Waals surface area contributed by atoms with Gasteiger partial charge in [-0.25, -0.2) is 19.9 Å². The van der Waals surface area contributed by atoms with Crippen molar-refractivity contribution in [3.05, 3.63) is 322 Å². The van der Waals surface area contributed by atoms with Gasteiger partial charge in [0.15, 0.2) is 29.1 Å². The third kappa shape index (κ3) is 9.00. The normalized spacial score (nSPS) is 11.9. The zero-order valence-electron chi connectivity index (χ0n) is 54.3. The van der Waals surface area contributed by atoms with Gasteiger partial charge in [0.2, 0.25) is 5.95 Å². The molecule has 0 N–H and O–H groups in total. The molecule has 0 spiro atoms. The van der Waals surface area contributed by atoms with Crippen molar-refractivity contribution in [3.63, 3.8) is 0 Å². The molecule has 476 valence electrons. The summed E-state index contributed by atoms with van der Waals surface area (Å²) >= 11 is 5.70. The number of para-hydroxylation sites is 5. The molecule has 22 rings (SSSR count). The van der Waals surface area contributed by atoms with Crippen LogP contribution in [-0.2, 0) is 0 Å². The molecule has 0 saturated heterocycles. The second-order valence-electron chi connectivity index (χ2n) is 25.5. The van der Waals surface area contributed by atoms with E-state index >= 15 is 0 Å². The van der Waals surface area contributed by atoms with E-state index in [2.05, 4.69) is 262 Å². The predicted octanol–water partition coefficient (Wildman–Crippen LogP) is 24.5. The molecule has 0 saturated carbocycles. The smallest absolute Gasteiger partial charge is 0.238 e. The fourth-order valence-corrected chi connectivity index (χ4v) is 19.5. The van der Waals surface area contributed by atoms with E-state index < -0.39 is 0 Å². The Balaban J connectivity index is 0.000000136. The van der Waals surface area contributed by atoms with Crippen LogP contribution in [0, 0.1) is 0 Å². The Hall–Kier alpha value is -12.8. The van der Waals surface area contributed by atoms with Gasteiger partial charge in [0.1, 0.15) is 0 Å². The summed E-state index contributed by atoms with van der Waals surface area (Å²) in [6, 6.07) is 113. The number of hydrogen-bond donors (Lipinski definition) is 0. The van der Waals surface area contributed by atoms with E-state index in [-0.39, 0.29) is 0 Å². The molecule has 9 nitrogen and oxygen atoms in total. The Morgan fingerprint density at radius 2 is 0.549 bits per heavy atom. The molecule has 22 aromatic rings. The number of rotatable bonds is 8. The van der Waals surface area contributed by atoms with Crippen LogP contribution in [0.3, 0.4) is 0 Å². The topological polar surface area (TPSA) is 92.1 Å². The fourth-order valence-electron chi connectivity index (χ4n) is 15.5. The van der Waals surface area contributed by atoms with Crippen LogP contribution in [0.4, 0.5) is 0 Å². The molecule has 0 aliphatic rings. The van der Waals surface area contributed by atoms with E-state index in [9.17, 15) is 0 Å². The van der Waals surface area contributed by atoms with Crippen molar-refractivity contribution in [2.45, 2.75) is 0 Å². The van der Waals surface area contributed by atoms with Crippen LogP contribution < -0.4 is 0 Å². The molecular formula is C90H53N9S3. The van der Waals surface area contributed by atoms with Crippen LogP contribution in [0.1, 0.15) is 0 Å². The molecule has 12 heteroatoms. The first kappa shape index (κ1) is 58.2. The number of thiophene rings is 3. The molecule has 8 aromatic heterocycles. The number of benzene rings is 14. The summed E-state index contributed by atoms with van der Waals surface area (Å²) in [5.74, 6) is 3.85. The summed E-state index contributed by atoms with van der Waals surface area (Å²) in [5, 5.41) is 14.9. The first-order valence-electron chi connectivity index (χ1n) is 34.0. The maximum atomic E-state index is 5.35. The van der Waals surface area contributed by atoms with Crippen molar-refractivity contribution < 1.29 is 0 Å². The first-order valence-corrected chi connectivity index (χ1v) is 36.5. The summed E-state index contributed by atoms with van der Waals surface area (Å²) in [6.45, 7) is 0. The highest BCUT2D eigenvalue weighted by Crippen LogP contribution is 2.55. The quantitative estimate of drug-likeness (QED) is 0.150. The van der Waals surface area contributed by atoms with Crippen LogP contribution in [0.25, 0.3) is 200 Å². The van der Waals surface area contributed by atoms with E-state index in [0.29, 0.717) is 35.1 Å². The second-order valence-corrected chi connectivity index (χ2v) is 28.7. The number of aromatic nitrogens is 9. The summed E-state index contributed by atoms with van der Waals surface area (Å²) in [6.07, 6.45) is 0. The van der Waals surface area contributed by atoms with Crippen LogP contribution >= 0.6 is 34.0 Å². The molecule has 14 aromatic carbocycles. The average Bonchev–Trinajstić information content (AvgIpc) is 1.52. The number of hydrogen-bond acceptors (Lipinski definition) is 9. The highest BCUT2D eigenvalue weighted by atomic mass is 32.1. The van der Waals surface area contributed by atoms with E-state index in [1.165, 1.54) is 71.3 Å². The van der Waals surface area contributed by atoms with Crippen LogP contribution in [0.5, 0.6) is 0 Å². The SMILES string of the molecule is c1ccc(-c2nc(-c3ccccc3)nc(-c3cccc4c3sc3c5c6ccccc6sc5c5sc6ccccc6c5c43)n2)cc1.c1ccc(-c2nc(-c3ccccc3)nc(-n3c4ccccc4c4c5c6ccccc6n(-c6ccccc6)c5c5c(c6ccccc6n5-c5ccccc5)c43)n2)cc1. The van der Waals surface area contributed by atoms with E-state index in [0.717, 1.165) is 93.8 Å². The van der Waals surface area contributed by atoms with Gasteiger partial charge in [0.05, 0.1) is 42.5 Å². The maximum absolute atomic E-state index is 5.35. The summed E-state index contributed by atoms with van der Waals surface area (Å²) in [5.41, 5.74) is 13.7. The maximum Gasteiger partial charge on any atom is 0.238 e. The molecular weight excluding hydrogens is 1300 g/mol. The predicted molar refractivity (Wildman–Crippen MR) is 429 cm³/mol. The van der Waals surface area contributed by atoms with E-state index in [4.69, 9.17) is 29.9 Å². The third-order valence-electron chi connectivity index (χ3n) is 19.8. The monoisotopic (exact) mass is 1360 g/mol. The molecule has 0 aliphatic carbocycles. The van der Waals surface area contributed by atoms with E-state index in [1.807, 2.05) is 107 Å². The van der Waals surface area contributed by atoms with Crippen LogP contribution in [-0.4, -0.2) is 43.6 Å². The number of fused-ring (bicyclic) bond motifs is 24. The van der Waals surface area contributed by atoms with Gasteiger partial charge in [-0.3, -0.25) is 4.57 Å². The average molecular weight is 1360 g/mol. The van der Waals surface area contributed by atoms with Gasteiger partial charge in [-0.2, -0.15) is 9.97 Å². The zero-order valence-corrected chi connectivity index (χ0v) is 56.8. The molecule has 0 radical (unpaired) electrons. The lowest BCUT2D eigenvalue weighted by Gasteiger charge is -2.14. The van der Waals surface area contributed by atoms with Gasteiger partial charge < -0.3 is 9.13 Å². The van der Waals surface area contributed by atoms with Crippen LogP contribution in [0.2, 0.25) is 0 Å². The third-order valence-corrected chi connectivity index (χ3v) is 23.5. The molecule has 0 unspecified atom stereocenters. The van der Waals surface area contributed by atoms with Crippen molar-refractivity contribution in [2.75, 3.05) is 0 Å². The summed E-state index contributed by atoms with van der Waals surface area (Å²) < 4.78 is 15.2. The lowest BCUT2D eigenvalue weighted by Crippen LogP contribution is -2.06. The minimum Gasteiger partial charge on any atom is -0.307 e. The standard InChI is InChI=1S/C51H32N6.C39H21N3S3/c1-5-19-33(20-6-1)49-52-50(34-21-7-2-8-22-34)54-51(53-49)57-42-32-18-14-28-38(42)43-44-37-27-13-16-30-40(37)55(35-23-9-3-10-24-35)47(44)48-45(46(43)57)39-29-15-17-31-41(39)56(48)36-25-11-4-12-26-36;1-3-12-22(13-4-1)37-40-38(23-14-5-2-6-15-23)42-39(41-37)27-19-11-18-26-31-30-24-16-7-9-20-28(24)43-35(30)36-32(34(31)45-33(26)27)25-17-8-10-21-29(25)44-36/h1-32H;1-21H. The number of nitrogens with zero attached hydrogens (tertiary/aromatic N) is 9. The van der Waals surface area contributed by atoms with Gasteiger partial charge in [-0.05, 0) is 60.7 Å². The molecule has 0 aliphatic heterocycles. The lowest BCUT2D eigenvalue weighted by molar-refractivity contribution is 0.955. The minimum atomic E-state index is 0.567. The summed E-state index contributed by atoms with van der Waals surface area (Å²) in [4.78, 5) is 30.9. The zero-order chi connectivity index (χ0) is 66.9. The minimum absolute atomic E-state index is 0.567. The van der Waals surface area contributed by atoms with Gasteiger partial charge in [0.25, 0.3) is 0 Å².